The van der Waals surface area contributed by atoms with Gasteiger partial charge in [0.2, 0.25) is 0 Å². The van der Waals surface area contributed by atoms with E-state index < -0.39 is 17.8 Å². The molecule has 0 saturated carbocycles. The van der Waals surface area contributed by atoms with Crippen molar-refractivity contribution in [2.24, 2.45) is 0 Å². The van der Waals surface area contributed by atoms with Gasteiger partial charge in [0.15, 0.2) is 5.82 Å². The minimum Gasteiger partial charge on any atom is -0.478 e. The summed E-state index contributed by atoms with van der Waals surface area (Å²) in [5.41, 5.74) is -0.582. The molecule has 1 N–H and O–H groups in total. The molecule has 0 atom stereocenters. The molecule has 0 bridgehead atoms. The topological polar surface area (TPSA) is 93.8 Å². The molecule has 7 nitrogen and oxygen atoms in total. The second kappa shape index (κ2) is 6.24. The molecule has 0 aliphatic heterocycles. The predicted molar refractivity (Wildman–Crippen MR) is 81.2 cm³/mol. The maximum atomic E-state index is 12.9. The highest BCUT2D eigenvalue weighted by molar-refractivity contribution is 7.09. The smallest absolute Gasteiger partial charge is 0.433 e. The Hall–Kier alpha value is -2.82. The van der Waals surface area contributed by atoms with Crippen LogP contribution in [0.15, 0.2) is 23.8 Å². The van der Waals surface area contributed by atoms with Crippen LogP contribution in [0.3, 0.4) is 0 Å². The number of aromatic carboxylic acids is 1. The van der Waals surface area contributed by atoms with Crippen molar-refractivity contribution < 1.29 is 23.1 Å². The fourth-order valence-electron chi connectivity index (χ4n) is 2.01. The van der Waals surface area contributed by atoms with Crippen LogP contribution < -0.4 is 0 Å². The van der Waals surface area contributed by atoms with E-state index in [-0.39, 0.29) is 29.3 Å². The Kier molecular flexibility index (Phi) is 4.25. The zero-order valence-corrected chi connectivity index (χ0v) is 13.5. The maximum Gasteiger partial charge on any atom is 0.433 e. The SMILES string of the molecule is Cc1cc(C(F)(F)F)nc(-c2csc(Cn3cc(C(=O)O)cn3)n2)n1. The van der Waals surface area contributed by atoms with E-state index in [1.807, 2.05) is 0 Å². The number of carbonyl (C=O) groups is 1. The standard InChI is InChI=1S/C14H10F3N5O2S/c1-7-2-10(14(15,16)17)21-12(19-7)9-6-25-11(20-9)5-22-4-8(3-18-22)13(23)24/h2-4,6H,5H2,1H3,(H,23,24). The highest BCUT2D eigenvalue weighted by atomic mass is 32.1. The second-order valence-electron chi connectivity index (χ2n) is 5.07. The normalized spacial score (nSPS) is 11.7. The van der Waals surface area contributed by atoms with Gasteiger partial charge in [0.05, 0.1) is 18.3 Å². The van der Waals surface area contributed by atoms with E-state index >= 15 is 0 Å². The number of nitrogens with zero attached hydrogens (tertiary/aromatic N) is 5. The van der Waals surface area contributed by atoms with Crippen molar-refractivity contribution in [1.29, 1.82) is 0 Å². The van der Waals surface area contributed by atoms with Gasteiger partial charge in [-0.2, -0.15) is 18.3 Å². The van der Waals surface area contributed by atoms with Gasteiger partial charge in [0.25, 0.3) is 0 Å². The quantitative estimate of drug-likeness (QED) is 0.760. The summed E-state index contributed by atoms with van der Waals surface area (Å²) in [6, 6.07) is 0.869. The van der Waals surface area contributed by atoms with Gasteiger partial charge in [0, 0.05) is 17.3 Å². The number of halogens is 3. The van der Waals surface area contributed by atoms with E-state index in [9.17, 15) is 18.0 Å². The van der Waals surface area contributed by atoms with Gasteiger partial charge in [-0.1, -0.05) is 0 Å². The molecule has 0 aliphatic carbocycles. The molecule has 0 aliphatic rings. The van der Waals surface area contributed by atoms with Crippen LogP contribution in [0.2, 0.25) is 0 Å². The second-order valence-corrected chi connectivity index (χ2v) is 6.02. The fraction of sp³-hybridized carbons (Fsp3) is 0.214. The Balaban J connectivity index is 1.86. The molecule has 11 heteroatoms. The molecular formula is C14H10F3N5O2S. The number of thiazole rings is 1. The van der Waals surface area contributed by atoms with Crippen LogP contribution in [-0.2, 0) is 12.7 Å². The maximum absolute atomic E-state index is 12.9. The third kappa shape index (κ3) is 3.82. The molecule has 0 unspecified atom stereocenters. The fourth-order valence-corrected chi connectivity index (χ4v) is 2.78. The average molecular weight is 369 g/mol. The highest BCUT2D eigenvalue weighted by Crippen LogP contribution is 2.29. The number of alkyl halides is 3. The van der Waals surface area contributed by atoms with Gasteiger partial charge in [-0.3, -0.25) is 4.68 Å². The number of hydrogen-bond donors (Lipinski definition) is 1. The molecular weight excluding hydrogens is 359 g/mol. The third-order valence-corrected chi connectivity index (χ3v) is 3.94. The monoisotopic (exact) mass is 369 g/mol. The van der Waals surface area contributed by atoms with Crippen LogP contribution in [0.5, 0.6) is 0 Å². The minimum atomic E-state index is -4.57. The molecule has 3 aromatic heterocycles. The van der Waals surface area contributed by atoms with Gasteiger partial charge in [0.1, 0.15) is 16.4 Å². The first-order valence-corrected chi connectivity index (χ1v) is 7.74. The van der Waals surface area contributed by atoms with Crippen LogP contribution in [0.4, 0.5) is 13.2 Å². The van der Waals surface area contributed by atoms with Crippen molar-refractivity contribution in [2.75, 3.05) is 0 Å². The number of carboxylic acid groups (broad SMARTS) is 1. The molecule has 3 heterocycles. The van der Waals surface area contributed by atoms with Crippen LogP contribution in [0.1, 0.15) is 26.8 Å². The van der Waals surface area contributed by atoms with E-state index in [0.29, 0.717) is 5.01 Å². The van der Waals surface area contributed by atoms with E-state index in [2.05, 4.69) is 20.1 Å². The average Bonchev–Trinajstić information content (AvgIpc) is 3.15. The lowest BCUT2D eigenvalue weighted by Gasteiger charge is -2.07. The van der Waals surface area contributed by atoms with Crippen LogP contribution in [0.25, 0.3) is 11.5 Å². The van der Waals surface area contributed by atoms with Crippen molar-refractivity contribution in [2.45, 2.75) is 19.6 Å². The molecule has 0 amide bonds. The molecule has 0 radical (unpaired) electrons. The number of aryl methyl sites for hydroxylation is 1. The van der Waals surface area contributed by atoms with Crippen LogP contribution >= 0.6 is 11.3 Å². The molecule has 0 spiro atoms. The first kappa shape index (κ1) is 17.0. The lowest BCUT2D eigenvalue weighted by atomic mass is 10.3. The first-order chi connectivity index (χ1) is 11.7. The Labute approximate surface area is 142 Å². The summed E-state index contributed by atoms with van der Waals surface area (Å²) < 4.78 is 39.9. The molecule has 25 heavy (non-hydrogen) atoms. The Morgan fingerprint density at radius 1 is 1.32 bits per heavy atom. The van der Waals surface area contributed by atoms with E-state index in [1.165, 1.54) is 35.3 Å². The first-order valence-electron chi connectivity index (χ1n) is 6.86. The van der Waals surface area contributed by atoms with E-state index in [0.717, 1.165) is 6.07 Å². The van der Waals surface area contributed by atoms with E-state index in [4.69, 9.17) is 5.11 Å². The van der Waals surface area contributed by atoms with Crippen molar-refractivity contribution in [3.63, 3.8) is 0 Å². The molecule has 3 rings (SSSR count). The number of carboxylic acids is 1. The summed E-state index contributed by atoms with van der Waals surface area (Å²) in [5, 5.41) is 14.8. The van der Waals surface area contributed by atoms with Gasteiger partial charge in [-0.15, -0.1) is 11.3 Å². The lowest BCUT2D eigenvalue weighted by Crippen LogP contribution is -2.10. The van der Waals surface area contributed by atoms with Gasteiger partial charge in [-0.05, 0) is 13.0 Å². The van der Waals surface area contributed by atoms with Crippen molar-refractivity contribution >= 4 is 17.3 Å². The van der Waals surface area contributed by atoms with Crippen molar-refractivity contribution in [1.82, 2.24) is 24.7 Å². The lowest BCUT2D eigenvalue weighted by molar-refractivity contribution is -0.141. The van der Waals surface area contributed by atoms with Gasteiger partial charge >= 0.3 is 12.1 Å². The van der Waals surface area contributed by atoms with Gasteiger partial charge < -0.3 is 5.11 Å². The Bertz CT molecular complexity index is 935. The molecule has 0 fully saturated rings. The summed E-state index contributed by atoms with van der Waals surface area (Å²) in [7, 11) is 0. The summed E-state index contributed by atoms with van der Waals surface area (Å²) in [4.78, 5) is 22.6. The van der Waals surface area contributed by atoms with Crippen molar-refractivity contribution in [3.8, 4) is 11.5 Å². The van der Waals surface area contributed by atoms with Crippen LogP contribution in [-0.4, -0.2) is 35.8 Å². The minimum absolute atomic E-state index is 0.0358. The molecule has 0 saturated heterocycles. The molecule has 0 aromatic carbocycles. The van der Waals surface area contributed by atoms with Crippen molar-refractivity contribution in [3.05, 3.63) is 45.8 Å². The number of hydrogen-bond acceptors (Lipinski definition) is 6. The molecule has 130 valence electrons. The zero-order valence-electron chi connectivity index (χ0n) is 12.7. The molecule has 3 aromatic rings. The van der Waals surface area contributed by atoms with Gasteiger partial charge in [-0.25, -0.2) is 19.7 Å². The van der Waals surface area contributed by atoms with Crippen LogP contribution in [0, 0.1) is 6.92 Å². The highest BCUT2D eigenvalue weighted by Gasteiger charge is 2.33. The largest absolute Gasteiger partial charge is 0.478 e. The Morgan fingerprint density at radius 3 is 2.72 bits per heavy atom. The summed E-state index contributed by atoms with van der Waals surface area (Å²) in [5.74, 6) is -1.21. The summed E-state index contributed by atoms with van der Waals surface area (Å²) >= 11 is 1.20. The summed E-state index contributed by atoms with van der Waals surface area (Å²) in [6.07, 6.45) is -2.02. The zero-order chi connectivity index (χ0) is 18.2. The van der Waals surface area contributed by atoms with E-state index in [1.54, 1.807) is 5.38 Å². The number of rotatable bonds is 4. The third-order valence-electron chi connectivity index (χ3n) is 3.10. The Morgan fingerprint density at radius 2 is 2.08 bits per heavy atom. The predicted octanol–water partition coefficient (Wildman–Crippen LogP) is 2.87. The summed E-state index contributed by atoms with van der Waals surface area (Å²) in [6.45, 7) is 1.64. The number of aromatic nitrogens is 5.